The van der Waals surface area contributed by atoms with Gasteiger partial charge in [-0.2, -0.15) is 11.8 Å². The van der Waals surface area contributed by atoms with Crippen molar-refractivity contribution in [1.29, 1.82) is 0 Å². The normalized spacial score (nSPS) is 26.3. The van der Waals surface area contributed by atoms with Crippen LogP contribution in [-0.2, 0) is 0 Å². The maximum atomic E-state index is 6.14. The summed E-state index contributed by atoms with van der Waals surface area (Å²) in [6, 6.07) is 10.0. The third kappa shape index (κ3) is 2.83. The number of nitrogens with zero attached hydrogens (tertiary/aromatic N) is 1. The highest BCUT2D eigenvalue weighted by Gasteiger charge is 2.32. The third-order valence-corrected chi connectivity index (χ3v) is 5.60. The van der Waals surface area contributed by atoms with E-state index in [4.69, 9.17) is 5.73 Å². The molecule has 2 fully saturated rings. The average molecular weight is 276 g/mol. The van der Waals surface area contributed by atoms with Crippen molar-refractivity contribution in [2.24, 2.45) is 5.73 Å². The molecule has 1 aromatic rings. The van der Waals surface area contributed by atoms with Gasteiger partial charge in [-0.15, -0.1) is 0 Å². The SMILES string of the molecule is CC1CSCCN1C(CN)c1ccccc1C1CC1. The number of nitrogens with two attached hydrogens (primary N) is 1. The fraction of sp³-hybridized carbons (Fsp3) is 0.625. The second-order valence-electron chi connectivity index (χ2n) is 5.82. The number of thioether (sulfide) groups is 1. The molecule has 19 heavy (non-hydrogen) atoms. The molecule has 0 bridgehead atoms. The van der Waals surface area contributed by atoms with Crippen molar-refractivity contribution >= 4 is 11.8 Å². The van der Waals surface area contributed by atoms with Gasteiger partial charge in [-0.1, -0.05) is 24.3 Å². The predicted molar refractivity (Wildman–Crippen MR) is 83.7 cm³/mol. The first kappa shape index (κ1) is 13.5. The molecule has 1 saturated heterocycles. The minimum Gasteiger partial charge on any atom is -0.329 e. The number of hydrogen-bond donors (Lipinski definition) is 1. The number of rotatable bonds is 4. The number of hydrogen-bond acceptors (Lipinski definition) is 3. The van der Waals surface area contributed by atoms with Gasteiger partial charge < -0.3 is 5.73 Å². The van der Waals surface area contributed by atoms with Crippen LogP contribution in [0.4, 0.5) is 0 Å². The summed E-state index contributed by atoms with van der Waals surface area (Å²) in [6.45, 7) is 4.25. The molecule has 1 aliphatic carbocycles. The van der Waals surface area contributed by atoms with Gasteiger partial charge in [0.15, 0.2) is 0 Å². The molecular formula is C16H24N2S. The summed E-state index contributed by atoms with van der Waals surface area (Å²) in [6.07, 6.45) is 2.72. The molecule has 104 valence electrons. The standard InChI is InChI=1S/C16H24N2S/c1-12-11-19-9-8-18(12)16(10-17)15-5-3-2-4-14(15)13-6-7-13/h2-5,12-13,16H,6-11,17H2,1H3. The second-order valence-corrected chi connectivity index (χ2v) is 6.97. The maximum Gasteiger partial charge on any atom is 0.0476 e. The Morgan fingerprint density at radius 3 is 2.84 bits per heavy atom. The maximum absolute atomic E-state index is 6.14. The van der Waals surface area contributed by atoms with Crippen molar-refractivity contribution in [3.05, 3.63) is 35.4 Å². The van der Waals surface area contributed by atoms with Crippen LogP contribution in [0.2, 0.25) is 0 Å². The van der Waals surface area contributed by atoms with Gasteiger partial charge in [-0.3, -0.25) is 4.90 Å². The molecule has 0 radical (unpaired) electrons. The number of benzene rings is 1. The molecule has 3 rings (SSSR count). The molecule has 1 aliphatic heterocycles. The smallest absolute Gasteiger partial charge is 0.0476 e. The summed E-state index contributed by atoms with van der Waals surface area (Å²) in [5, 5.41) is 0. The van der Waals surface area contributed by atoms with Gasteiger partial charge >= 0.3 is 0 Å². The highest BCUT2D eigenvalue weighted by molar-refractivity contribution is 7.99. The molecule has 2 N–H and O–H groups in total. The van der Waals surface area contributed by atoms with E-state index in [1.54, 1.807) is 5.56 Å². The molecule has 0 aromatic heterocycles. The molecular weight excluding hydrogens is 252 g/mol. The van der Waals surface area contributed by atoms with Crippen molar-refractivity contribution in [2.75, 3.05) is 24.6 Å². The zero-order valence-corrected chi connectivity index (χ0v) is 12.5. The van der Waals surface area contributed by atoms with E-state index >= 15 is 0 Å². The average Bonchev–Trinajstić information content (AvgIpc) is 3.27. The first-order valence-electron chi connectivity index (χ1n) is 7.43. The van der Waals surface area contributed by atoms with Crippen LogP contribution in [0.5, 0.6) is 0 Å². The molecule has 1 heterocycles. The topological polar surface area (TPSA) is 29.3 Å². The Morgan fingerprint density at radius 2 is 2.16 bits per heavy atom. The van der Waals surface area contributed by atoms with Crippen LogP contribution < -0.4 is 5.73 Å². The predicted octanol–water partition coefficient (Wildman–Crippen LogP) is 3.00. The lowest BCUT2D eigenvalue weighted by Gasteiger charge is -2.39. The Balaban J connectivity index is 1.88. The largest absolute Gasteiger partial charge is 0.329 e. The van der Waals surface area contributed by atoms with Crippen LogP contribution in [0.25, 0.3) is 0 Å². The zero-order chi connectivity index (χ0) is 13.2. The molecule has 2 atom stereocenters. The first-order chi connectivity index (χ1) is 9.31. The van der Waals surface area contributed by atoms with Crippen LogP contribution in [-0.4, -0.2) is 35.5 Å². The Bertz CT molecular complexity index is 431. The molecule has 0 amide bonds. The Labute approximate surface area is 120 Å². The minimum atomic E-state index is 0.410. The zero-order valence-electron chi connectivity index (χ0n) is 11.7. The van der Waals surface area contributed by atoms with Crippen LogP contribution in [0, 0.1) is 0 Å². The molecule has 0 spiro atoms. The summed E-state index contributed by atoms with van der Waals surface area (Å²) in [5.74, 6) is 3.29. The van der Waals surface area contributed by atoms with Gasteiger partial charge in [0.25, 0.3) is 0 Å². The van der Waals surface area contributed by atoms with Crippen molar-refractivity contribution < 1.29 is 0 Å². The van der Waals surface area contributed by atoms with E-state index < -0.39 is 0 Å². The lowest BCUT2D eigenvalue weighted by molar-refractivity contribution is 0.165. The summed E-state index contributed by atoms with van der Waals surface area (Å²) in [7, 11) is 0. The lowest BCUT2D eigenvalue weighted by atomic mass is 9.95. The quantitative estimate of drug-likeness (QED) is 0.916. The molecule has 3 heteroatoms. The van der Waals surface area contributed by atoms with Gasteiger partial charge in [0.05, 0.1) is 0 Å². The van der Waals surface area contributed by atoms with Gasteiger partial charge in [-0.05, 0) is 36.8 Å². The minimum absolute atomic E-state index is 0.410. The molecule has 2 aliphatic rings. The van der Waals surface area contributed by atoms with Gasteiger partial charge in [0, 0.05) is 36.7 Å². The molecule has 1 saturated carbocycles. The molecule has 2 nitrogen and oxygen atoms in total. The molecule has 1 aromatic carbocycles. The summed E-state index contributed by atoms with van der Waals surface area (Å²) in [4.78, 5) is 2.62. The Hall–Kier alpha value is -0.510. The van der Waals surface area contributed by atoms with Gasteiger partial charge in [0.2, 0.25) is 0 Å². The summed E-state index contributed by atoms with van der Waals surface area (Å²) >= 11 is 2.07. The lowest BCUT2D eigenvalue weighted by Crippen LogP contribution is -2.45. The van der Waals surface area contributed by atoms with E-state index in [-0.39, 0.29) is 0 Å². The van der Waals surface area contributed by atoms with E-state index in [0.29, 0.717) is 12.1 Å². The highest BCUT2D eigenvalue weighted by Crippen LogP contribution is 2.44. The van der Waals surface area contributed by atoms with Gasteiger partial charge in [0.1, 0.15) is 0 Å². The van der Waals surface area contributed by atoms with Crippen LogP contribution in [0.3, 0.4) is 0 Å². The Morgan fingerprint density at radius 1 is 1.37 bits per heavy atom. The third-order valence-electron chi connectivity index (χ3n) is 4.41. The first-order valence-corrected chi connectivity index (χ1v) is 8.59. The van der Waals surface area contributed by atoms with Crippen LogP contribution in [0.15, 0.2) is 24.3 Å². The van der Waals surface area contributed by atoms with Crippen molar-refractivity contribution in [3.63, 3.8) is 0 Å². The fourth-order valence-electron chi connectivity index (χ4n) is 3.22. The summed E-state index contributed by atoms with van der Waals surface area (Å²) in [5.41, 5.74) is 9.19. The van der Waals surface area contributed by atoms with E-state index in [9.17, 15) is 0 Å². The van der Waals surface area contributed by atoms with Crippen LogP contribution >= 0.6 is 11.8 Å². The van der Waals surface area contributed by atoms with Crippen molar-refractivity contribution in [2.45, 2.75) is 37.8 Å². The molecule has 2 unspecified atom stereocenters. The summed E-state index contributed by atoms with van der Waals surface area (Å²) < 4.78 is 0. The van der Waals surface area contributed by atoms with E-state index in [0.717, 1.165) is 12.5 Å². The van der Waals surface area contributed by atoms with E-state index in [1.165, 1.54) is 36.5 Å². The van der Waals surface area contributed by atoms with Crippen molar-refractivity contribution in [1.82, 2.24) is 4.90 Å². The van der Waals surface area contributed by atoms with Crippen LogP contribution in [0.1, 0.15) is 42.9 Å². The monoisotopic (exact) mass is 276 g/mol. The second kappa shape index (κ2) is 5.86. The highest BCUT2D eigenvalue weighted by atomic mass is 32.2. The fourth-order valence-corrected chi connectivity index (χ4v) is 4.26. The van der Waals surface area contributed by atoms with E-state index in [2.05, 4.69) is 47.9 Å². The van der Waals surface area contributed by atoms with Crippen molar-refractivity contribution in [3.8, 4) is 0 Å². The Kier molecular flexibility index (Phi) is 4.15. The van der Waals surface area contributed by atoms with Gasteiger partial charge in [-0.25, -0.2) is 0 Å². The van der Waals surface area contributed by atoms with E-state index in [1.807, 2.05) is 0 Å².